The Bertz CT molecular complexity index is 224. The number of nitrogens with zero attached hydrogens (tertiary/aromatic N) is 2. The second kappa shape index (κ2) is 6.17. The third-order valence-corrected chi connectivity index (χ3v) is 4.69. The Kier molecular flexibility index (Phi) is 4.83. The molecule has 0 spiro atoms. The zero-order valence-electron chi connectivity index (χ0n) is 11.6. The molecule has 2 aliphatic rings. The molecular formula is C14H29N3. The van der Waals surface area contributed by atoms with E-state index in [4.69, 9.17) is 5.73 Å². The van der Waals surface area contributed by atoms with Crippen LogP contribution in [0.1, 0.15) is 38.5 Å². The minimum absolute atomic E-state index is 0.452. The topological polar surface area (TPSA) is 32.5 Å². The number of likely N-dealkylation sites (tertiary alicyclic amines) is 1. The molecule has 2 N–H and O–H groups in total. The summed E-state index contributed by atoms with van der Waals surface area (Å²) in [6, 6.07) is 1.20. The number of piperidine rings is 1. The van der Waals surface area contributed by atoms with Crippen molar-refractivity contribution in [2.75, 3.05) is 33.7 Å². The molecular weight excluding hydrogens is 210 g/mol. The molecule has 1 saturated heterocycles. The van der Waals surface area contributed by atoms with E-state index in [2.05, 4.69) is 23.9 Å². The molecule has 100 valence electrons. The molecule has 1 aliphatic heterocycles. The fourth-order valence-electron chi connectivity index (χ4n) is 3.40. The van der Waals surface area contributed by atoms with Crippen LogP contribution in [0.25, 0.3) is 0 Å². The van der Waals surface area contributed by atoms with Crippen molar-refractivity contribution in [3.8, 4) is 0 Å². The number of nitrogens with two attached hydrogens (primary N) is 1. The van der Waals surface area contributed by atoms with Gasteiger partial charge in [-0.05, 0) is 65.2 Å². The maximum Gasteiger partial charge on any atom is 0.0107 e. The molecule has 3 nitrogen and oxygen atoms in total. The average molecular weight is 239 g/mol. The summed E-state index contributed by atoms with van der Waals surface area (Å²) < 4.78 is 0. The molecule has 2 rings (SSSR count). The largest absolute Gasteiger partial charge is 0.328 e. The van der Waals surface area contributed by atoms with Crippen molar-refractivity contribution in [2.24, 2.45) is 11.7 Å². The second-order valence-electron chi connectivity index (χ2n) is 6.27. The van der Waals surface area contributed by atoms with Crippen LogP contribution in [0.15, 0.2) is 0 Å². The third-order valence-electron chi connectivity index (χ3n) is 4.69. The Morgan fingerprint density at radius 3 is 2.53 bits per heavy atom. The van der Waals surface area contributed by atoms with Crippen LogP contribution >= 0.6 is 0 Å². The van der Waals surface area contributed by atoms with E-state index in [-0.39, 0.29) is 0 Å². The summed E-state index contributed by atoms with van der Waals surface area (Å²) in [4.78, 5) is 5.04. The van der Waals surface area contributed by atoms with E-state index in [0.717, 1.165) is 12.0 Å². The Hall–Kier alpha value is -0.120. The predicted molar refractivity (Wildman–Crippen MR) is 73.1 cm³/mol. The summed E-state index contributed by atoms with van der Waals surface area (Å²) in [7, 11) is 4.54. The van der Waals surface area contributed by atoms with Crippen molar-refractivity contribution in [2.45, 2.75) is 50.6 Å². The molecule has 0 aromatic heterocycles. The van der Waals surface area contributed by atoms with Crippen LogP contribution in [-0.2, 0) is 0 Å². The fourth-order valence-corrected chi connectivity index (χ4v) is 3.40. The van der Waals surface area contributed by atoms with Crippen LogP contribution in [0.5, 0.6) is 0 Å². The summed E-state index contributed by atoms with van der Waals surface area (Å²) in [5.74, 6) is 0.911. The van der Waals surface area contributed by atoms with Gasteiger partial charge >= 0.3 is 0 Å². The molecule has 2 unspecified atom stereocenters. The minimum Gasteiger partial charge on any atom is -0.328 e. The SMILES string of the molecule is CN1CCC(CN(C)C2CCCC(N)C2)CC1. The lowest BCUT2D eigenvalue weighted by Gasteiger charge is -2.38. The Morgan fingerprint density at radius 1 is 1.18 bits per heavy atom. The number of rotatable bonds is 3. The Labute approximate surface area is 106 Å². The van der Waals surface area contributed by atoms with Crippen LogP contribution in [0.3, 0.4) is 0 Å². The first-order valence-corrected chi connectivity index (χ1v) is 7.29. The van der Waals surface area contributed by atoms with Crippen molar-refractivity contribution in [1.29, 1.82) is 0 Å². The second-order valence-corrected chi connectivity index (χ2v) is 6.27. The molecule has 0 amide bonds. The van der Waals surface area contributed by atoms with Crippen LogP contribution in [0.2, 0.25) is 0 Å². The Morgan fingerprint density at radius 2 is 1.88 bits per heavy atom. The van der Waals surface area contributed by atoms with Crippen LogP contribution in [-0.4, -0.2) is 55.6 Å². The maximum atomic E-state index is 6.08. The first-order chi connectivity index (χ1) is 8.15. The van der Waals surface area contributed by atoms with Crippen molar-refractivity contribution >= 4 is 0 Å². The summed E-state index contributed by atoms with van der Waals surface area (Å²) in [6.45, 7) is 3.84. The molecule has 0 bridgehead atoms. The van der Waals surface area contributed by atoms with Crippen molar-refractivity contribution in [3.05, 3.63) is 0 Å². The third kappa shape index (κ3) is 3.94. The van der Waals surface area contributed by atoms with Crippen molar-refractivity contribution in [1.82, 2.24) is 9.80 Å². The highest BCUT2D eigenvalue weighted by Crippen LogP contribution is 2.24. The smallest absolute Gasteiger partial charge is 0.0107 e. The van der Waals surface area contributed by atoms with Gasteiger partial charge in [0.1, 0.15) is 0 Å². The van der Waals surface area contributed by atoms with Crippen LogP contribution in [0, 0.1) is 5.92 Å². The van der Waals surface area contributed by atoms with E-state index in [9.17, 15) is 0 Å². The van der Waals surface area contributed by atoms with E-state index in [0.29, 0.717) is 6.04 Å². The minimum atomic E-state index is 0.452. The predicted octanol–water partition coefficient (Wildman–Crippen LogP) is 1.53. The molecule has 1 aliphatic carbocycles. The lowest BCUT2D eigenvalue weighted by Crippen LogP contribution is -2.44. The molecule has 2 fully saturated rings. The summed E-state index contributed by atoms with van der Waals surface area (Å²) in [5.41, 5.74) is 6.08. The monoisotopic (exact) mass is 239 g/mol. The van der Waals surface area contributed by atoms with Gasteiger partial charge in [0.25, 0.3) is 0 Å². The molecule has 0 aromatic carbocycles. The van der Waals surface area contributed by atoms with Gasteiger partial charge in [-0.15, -0.1) is 0 Å². The molecule has 2 atom stereocenters. The average Bonchev–Trinajstić information content (AvgIpc) is 2.32. The van der Waals surface area contributed by atoms with Gasteiger partial charge in [-0.3, -0.25) is 0 Å². The molecule has 17 heavy (non-hydrogen) atoms. The molecule has 0 radical (unpaired) electrons. The van der Waals surface area contributed by atoms with Gasteiger partial charge in [0.2, 0.25) is 0 Å². The van der Waals surface area contributed by atoms with E-state index in [1.165, 1.54) is 58.2 Å². The Balaban J connectivity index is 1.74. The number of hydrogen-bond donors (Lipinski definition) is 1. The molecule has 1 heterocycles. The van der Waals surface area contributed by atoms with Crippen LogP contribution < -0.4 is 5.73 Å². The van der Waals surface area contributed by atoms with Gasteiger partial charge < -0.3 is 15.5 Å². The molecule has 3 heteroatoms. The highest BCUT2D eigenvalue weighted by molar-refractivity contribution is 4.82. The van der Waals surface area contributed by atoms with Gasteiger partial charge in [-0.25, -0.2) is 0 Å². The van der Waals surface area contributed by atoms with E-state index in [1.54, 1.807) is 0 Å². The van der Waals surface area contributed by atoms with E-state index >= 15 is 0 Å². The highest BCUT2D eigenvalue weighted by Gasteiger charge is 2.25. The fraction of sp³-hybridized carbons (Fsp3) is 1.00. The first kappa shape index (κ1) is 13.3. The first-order valence-electron chi connectivity index (χ1n) is 7.29. The van der Waals surface area contributed by atoms with Gasteiger partial charge in [0.05, 0.1) is 0 Å². The maximum absolute atomic E-state index is 6.08. The van der Waals surface area contributed by atoms with Gasteiger partial charge in [0.15, 0.2) is 0 Å². The van der Waals surface area contributed by atoms with Gasteiger partial charge in [-0.2, -0.15) is 0 Å². The molecule has 1 saturated carbocycles. The number of hydrogen-bond acceptors (Lipinski definition) is 3. The quantitative estimate of drug-likeness (QED) is 0.811. The lowest BCUT2D eigenvalue weighted by molar-refractivity contribution is 0.125. The van der Waals surface area contributed by atoms with Crippen molar-refractivity contribution < 1.29 is 0 Å². The molecule has 0 aromatic rings. The van der Waals surface area contributed by atoms with Gasteiger partial charge in [0, 0.05) is 18.6 Å². The zero-order chi connectivity index (χ0) is 12.3. The van der Waals surface area contributed by atoms with E-state index < -0.39 is 0 Å². The lowest BCUT2D eigenvalue weighted by atomic mass is 9.89. The summed E-state index contributed by atoms with van der Waals surface area (Å²) in [6.07, 6.45) is 7.88. The standard InChI is InChI=1S/C14H29N3/c1-16-8-6-12(7-9-16)11-17(2)14-5-3-4-13(15)10-14/h12-14H,3-11,15H2,1-2H3. The summed E-state index contributed by atoms with van der Waals surface area (Å²) >= 11 is 0. The normalized spacial score (nSPS) is 33.2. The van der Waals surface area contributed by atoms with E-state index in [1.807, 2.05) is 0 Å². The van der Waals surface area contributed by atoms with Crippen molar-refractivity contribution in [3.63, 3.8) is 0 Å². The summed E-state index contributed by atoms with van der Waals surface area (Å²) in [5, 5.41) is 0. The van der Waals surface area contributed by atoms with Crippen LogP contribution in [0.4, 0.5) is 0 Å². The zero-order valence-corrected chi connectivity index (χ0v) is 11.6. The highest BCUT2D eigenvalue weighted by atomic mass is 15.1. The van der Waals surface area contributed by atoms with Gasteiger partial charge in [-0.1, -0.05) is 6.42 Å².